The number of likely N-dealkylation sites (tertiary alicyclic amines) is 1. The van der Waals surface area contributed by atoms with Crippen molar-refractivity contribution in [1.82, 2.24) is 14.7 Å². The van der Waals surface area contributed by atoms with Crippen molar-refractivity contribution in [3.63, 3.8) is 0 Å². The van der Waals surface area contributed by atoms with Gasteiger partial charge in [0.05, 0.1) is 17.3 Å². The lowest BCUT2D eigenvalue weighted by atomic mass is 9.73. The van der Waals surface area contributed by atoms with Gasteiger partial charge in [-0.3, -0.25) is 14.4 Å². The molecule has 5 rings (SSSR count). The van der Waals surface area contributed by atoms with E-state index in [0.717, 1.165) is 11.1 Å². The Kier molecular flexibility index (Phi) is 5.91. The van der Waals surface area contributed by atoms with Crippen LogP contribution in [-0.4, -0.2) is 44.8 Å². The van der Waals surface area contributed by atoms with E-state index in [0.29, 0.717) is 23.6 Å². The van der Waals surface area contributed by atoms with Gasteiger partial charge in [-0.1, -0.05) is 78.9 Å². The molecule has 7 heteroatoms. The Morgan fingerprint density at radius 1 is 0.829 bits per heavy atom. The number of carbonyl (C=O) groups excluding carboxylic acids is 1. The van der Waals surface area contributed by atoms with Crippen molar-refractivity contribution >= 4 is 22.6 Å². The second-order valence-corrected chi connectivity index (χ2v) is 8.89. The standard InChI is InChI=1S/C28H25N3O4/c32-25-23-14-8-7-13-22(23)24(29-31(25)19-20-9-3-1-4-10-20)26(33)30-17-15-28(16-18-30,27(34)35)21-11-5-2-6-12-21/h1-14H,15-19H2,(H,34,35). The lowest BCUT2D eigenvalue weighted by molar-refractivity contribution is -0.145. The highest BCUT2D eigenvalue weighted by Gasteiger charge is 2.44. The van der Waals surface area contributed by atoms with Gasteiger partial charge in [-0.15, -0.1) is 0 Å². The van der Waals surface area contributed by atoms with Crippen LogP contribution in [0.1, 0.15) is 34.5 Å². The van der Waals surface area contributed by atoms with Crippen LogP contribution in [0.5, 0.6) is 0 Å². The number of carboxylic acids is 1. The first-order valence-electron chi connectivity index (χ1n) is 11.6. The van der Waals surface area contributed by atoms with Gasteiger partial charge in [-0.25, -0.2) is 4.68 Å². The number of hydrogen-bond donors (Lipinski definition) is 1. The summed E-state index contributed by atoms with van der Waals surface area (Å²) >= 11 is 0. The van der Waals surface area contributed by atoms with E-state index in [1.807, 2.05) is 60.7 Å². The summed E-state index contributed by atoms with van der Waals surface area (Å²) in [5, 5.41) is 15.5. The molecule has 1 amide bonds. The first-order valence-corrected chi connectivity index (χ1v) is 11.6. The average molecular weight is 468 g/mol. The van der Waals surface area contributed by atoms with Gasteiger partial charge >= 0.3 is 5.97 Å². The maximum absolute atomic E-state index is 13.6. The van der Waals surface area contributed by atoms with Crippen molar-refractivity contribution in [3.8, 4) is 0 Å². The fraction of sp³-hybridized carbons (Fsp3) is 0.214. The molecular formula is C28H25N3O4. The Morgan fingerprint density at radius 3 is 2.03 bits per heavy atom. The number of carboxylic acid groups (broad SMARTS) is 1. The molecule has 1 aliphatic heterocycles. The quantitative estimate of drug-likeness (QED) is 0.483. The molecule has 3 aromatic carbocycles. The van der Waals surface area contributed by atoms with Gasteiger partial charge < -0.3 is 10.0 Å². The molecule has 0 atom stereocenters. The van der Waals surface area contributed by atoms with Crippen LogP contribution in [0.25, 0.3) is 10.8 Å². The molecule has 0 aliphatic carbocycles. The Labute approximate surface area is 202 Å². The molecule has 4 aromatic rings. The molecule has 1 saturated heterocycles. The first kappa shape index (κ1) is 22.5. The van der Waals surface area contributed by atoms with Crippen LogP contribution in [0.2, 0.25) is 0 Å². The number of hydrogen-bond acceptors (Lipinski definition) is 4. The summed E-state index contributed by atoms with van der Waals surface area (Å²) in [7, 11) is 0. The summed E-state index contributed by atoms with van der Waals surface area (Å²) in [6.45, 7) is 0.822. The number of aliphatic carboxylic acids is 1. The fourth-order valence-corrected chi connectivity index (χ4v) is 4.88. The van der Waals surface area contributed by atoms with E-state index in [1.165, 1.54) is 4.68 Å². The highest BCUT2D eigenvalue weighted by Crippen LogP contribution is 2.36. The van der Waals surface area contributed by atoms with Gasteiger partial charge in [0.15, 0.2) is 5.69 Å². The van der Waals surface area contributed by atoms with Crippen LogP contribution in [0.3, 0.4) is 0 Å². The van der Waals surface area contributed by atoms with Crippen molar-refractivity contribution in [2.45, 2.75) is 24.8 Å². The van der Waals surface area contributed by atoms with Gasteiger partial charge in [-0.2, -0.15) is 5.10 Å². The molecule has 1 fully saturated rings. The van der Waals surface area contributed by atoms with E-state index < -0.39 is 11.4 Å². The van der Waals surface area contributed by atoms with Gasteiger partial charge in [0.1, 0.15) is 0 Å². The number of piperidine rings is 1. The fourth-order valence-electron chi connectivity index (χ4n) is 4.88. The van der Waals surface area contributed by atoms with Gasteiger partial charge in [0.25, 0.3) is 11.5 Å². The summed E-state index contributed by atoms with van der Waals surface area (Å²) in [5.41, 5.74) is 0.578. The third-order valence-electron chi connectivity index (χ3n) is 6.89. The first-order chi connectivity index (χ1) is 17.0. The van der Waals surface area contributed by atoms with Crippen LogP contribution in [0.4, 0.5) is 0 Å². The van der Waals surface area contributed by atoms with Crippen molar-refractivity contribution in [3.05, 3.63) is 112 Å². The molecule has 2 heterocycles. The topological polar surface area (TPSA) is 92.5 Å². The van der Waals surface area contributed by atoms with E-state index in [-0.39, 0.29) is 36.8 Å². The lowest BCUT2D eigenvalue weighted by Gasteiger charge is -2.39. The average Bonchev–Trinajstić information content (AvgIpc) is 2.91. The second kappa shape index (κ2) is 9.18. The molecule has 0 saturated carbocycles. The lowest BCUT2D eigenvalue weighted by Crippen LogP contribution is -2.49. The van der Waals surface area contributed by atoms with Gasteiger partial charge in [0.2, 0.25) is 0 Å². The Balaban J connectivity index is 1.48. The van der Waals surface area contributed by atoms with Crippen LogP contribution < -0.4 is 5.56 Å². The monoisotopic (exact) mass is 467 g/mol. The predicted octanol–water partition coefficient (Wildman–Crippen LogP) is 3.70. The highest BCUT2D eigenvalue weighted by atomic mass is 16.4. The van der Waals surface area contributed by atoms with Crippen LogP contribution in [0, 0.1) is 0 Å². The summed E-state index contributed by atoms with van der Waals surface area (Å²) in [6.07, 6.45) is 0.610. The maximum atomic E-state index is 13.6. The van der Waals surface area contributed by atoms with Crippen molar-refractivity contribution < 1.29 is 14.7 Å². The zero-order chi connectivity index (χ0) is 24.4. The van der Waals surface area contributed by atoms with Crippen molar-refractivity contribution in [2.24, 2.45) is 0 Å². The Morgan fingerprint density at radius 2 is 1.40 bits per heavy atom. The minimum Gasteiger partial charge on any atom is -0.481 e. The molecule has 0 spiro atoms. The van der Waals surface area contributed by atoms with Crippen molar-refractivity contribution in [1.29, 1.82) is 0 Å². The number of rotatable bonds is 5. The van der Waals surface area contributed by atoms with Gasteiger partial charge in [-0.05, 0) is 30.0 Å². The van der Waals surface area contributed by atoms with E-state index in [2.05, 4.69) is 5.10 Å². The SMILES string of the molecule is O=C(c1nn(Cc2ccccc2)c(=O)c2ccccc12)N1CCC(C(=O)O)(c2ccccc2)CC1. The molecule has 35 heavy (non-hydrogen) atoms. The zero-order valence-corrected chi connectivity index (χ0v) is 19.1. The number of aromatic nitrogens is 2. The van der Waals surface area contributed by atoms with Crippen LogP contribution >= 0.6 is 0 Å². The zero-order valence-electron chi connectivity index (χ0n) is 19.1. The number of fused-ring (bicyclic) bond motifs is 1. The van der Waals surface area contributed by atoms with Crippen molar-refractivity contribution in [2.75, 3.05) is 13.1 Å². The highest BCUT2D eigenvalue weighted by molar-refractivity contribution is 6.05. The Bertz CT molecular complexity index is 1440. The molecule has 1 aliphatic rings. The molecule has 1 N–H and O–H groups in total. The molecular weight excluding hydrogens is 442 g/mol. The number of amides is 1. The van der Waals surface area contributed by atoms with E-state index in [1.54, 1.807) is 29.2 Å². The minimum atomic E-state index is -1.03. The number of nitrogens with zero attached hydrogens (tertiary/aromatic N) is 3. The predicted molar refractivity (Wildman–Crippen MR) is 132 cm³/mol. The van der Waals surface area contributed by atoms with E-state index in [9.17, 15) is 19.5 Å². The molecule has 1 aromatic heterocycles. The largest absolute Gasteiger partial charge is 0.481 e. The van der Waals surface area contributed by atoms with Crippen LogP contribution in [-0.2, 0) is 16.8 Å². The maximum Gasteiger partial charge on any atom is 0.314 e. The smallest absolute Gasteiger partial charge is 0.314 e. The van der Waals surface area contributed by atoms with E-state index in [4.69, 9.17) is 0 Å². The molecule has 176 valence electrons. The normalized spacial score (nSPS) is 15.1. The number of carbonyl (C=O) groups is 2. The third-order valence-corrected chi connectivity index (χ3v) is 6.89. The molecule has 0 unspecified atom stereocenters. The second-order valence-electron chi connectivity index (χ2n) is 8.89. The number of benzene rings is 3. The summed E-state index contributed by atoms with van der Waals surface area (Å²) < 4.78 is 1.33. The molecule has 0 radical (unpaired) electrons. The summed E-state index contributed by atoms with van der Waals surface area (Å²) in [5.74, 6) is -1.18. The third kappa shape index (κ3) is 4.10. The summed E-state index contributed by atoms with van der Waals surface area (Å²) in [6, 6.07) is 25.7. The van der Waals surface area contributed by atoms with Gasteiger partial charge in [0, 0.05) is 18.5 Å². The molecule has 7 nitrogen and oxygen atoms in total. The Hall–Kier alpha value is -4.26. The van der Waals surface area contributed by atoms with E-state index >= 15 is 0 Å². The minimum absolute atomic E-state index is 0.207. The van der Waals surface area contributed by atoms with Crippen LogP contribution in [0.15, 0.2) is 89.7 Å². The summed E-state index contributed by atoms with van der Waals surface area (Å²) in [4.78, 5) is 40.7. The molecule has 0 bridgehead atoms.